The number of imidazole rings is 1. The number of halogens is 1. The molecule has 7 heteroatoms. The topological polar surface area (TPSA) is 69.9 Å². The van der Waals surface area contributed by atoms with Crippen molar-refractivity contribution < 1.29 is 9.53 Å². The van der Waals surface area contributed by atoms with E-state index in [1.165, 1.54) is 23.2 Å². The Balaban J connectivity index is 1.82. The fourth-order valence-corrected chi connectivity index (χ4v) is 2.30. The molecule has 3 rings (SSSR count). The molecule has 0 N–H and O–H groups in total. The molecule has 0 saturated carbocycles. The normalized spacial score (nSPS) is 10.4. The molecule has 0 spiro atoms. The van der Waals surface area contributed by atoms with E-state index in [2.05, 4.69) is 30.9 Å². The first-order chi connectivity index (χ1) is 10.8. The first kappa shape index (κ1) is 14.4. The highest BCUT2D eigenvalue weighted by molar-refractivity contribution is 9.10. The lowest BCUT2D eigenvalue weighted by atomic mass is 10.2. The summed E-state index contributed by atoms with van der Waals surface area (Å²) < 4.78 is 7.13. The highest BCUT2D eigenvalue weighted by atomic mass is 79.9. The average molecular weight is 359 g/mol. The number of nitrogens with zero attached hydrogens (tertiary/aromatic N) is 4. The van der Waals surface area contributed by atoms with Crippen LogP contribution in [0.2, 0.25) is 0 Å². The predicted octanol–water partition coefficient (Wildman–Crippen LogP) is 3.29. The zero-order valence-electron chi connectivity index (χ0n) is 11.4. The molecular weight excluding hydrogens is 348 g/mol. The molecular formula is C15H11BrN4O2. The van der Waals surface area contributed by atoms with E-state index >= 15 is 0 Å². The molecule has 0 atom stereocenters. The second-order valence-corrected chi connectivity index (χ2v) is 5.18. The van der Waals surface area contributed by atoms with E-state index in [4.69, 9.17) is 4.74 Å². The molecule has 0 fully saturated rings. The van der Waals surface area contributed by atoms with Gasteiger partial charge in [0.2, 0.25) is 0 Å². The third kappa shape index (κ3) is 3.04. The molecule has 2 aromatic heterocycles. The maximum absolute atomic E-state index is 12.3. The van der Waals surface area contributed by atoms with Crippen molar-refractivity contribution >= 4 is 22.0 Å². The van der Waals surface area contributed by atoms with Gasteiger partial charge in [-0.25, -0.2) is 19.3 Å². The van der Waals surface area contributed by atoms with Crippen LogP contribution < -0.4 is 0 Å². The molecule has 0 aliphatic heterocycles. The van der Waals surface area contributed by atoms with E-state index in [9.17, 15) is 4.79 Å². The summed E-state index contributed by atoms with van der Waals surface area (Å²) in [6.07, 6.45) is 5.62. The lowest BCUT2D eigenvalue weighted by Gasteiger charge is -2.08. The minimum atomic E-state index is -0.533. The largest absolute Gasteiger partial charge is 0.444 e. The lowest BCUT2D eigenvalue weighted by Crippen LogP contribution is -2.15. The lowest BCUT2D eigenvalue weighted by molar-refractivity contribution is 0.141. The van der Waals surface area contributed by atoms with Crippen molar-refractivity contribution in [2.75, 3.05) is 0 Å². The molecule has 6 nitrogen and oxygen atoms in total. The van der Waals surface area contributed by atoms with Crippen molar-refractivity contribution in [3.8, 4) is 11.5 Å². The third-order valence-electron chi connectivity index (χ3n) is 2.90. The first-order valence-corrected chi connectivity index (χ1v) is 7.25. The van der Waals surface area contributed by atoms with Crippen LogP contribution in [0, 0.1) is 0 Å². The van der Waals surface area contributed by atoms with Crippen molar-refractivity contribution in [2.45, 2.75) is 6.61 Å². The van der Waals surface area contributed by atoms with Gasteiger partial charge in [0.05, 0.1) is 12.4 Å². The van der Waals surface area contributed by atoms with Crippen LogP contribution in [-0.2, 0) is 11.3 Å². The molecule has 2 heterocycles. The van der Waals surface area contributed by atoms with Gasteiger partial charge in [0.15, 0.2) is 5.82 Å². The summed E-state index contributed by atoms with van der Waals surface area (Å²) in [6.45, 7) is 0.185. The van der Waals surface area contributed by atoms with Crippen LogP contribution in [0.25, 0.3) is 11.5 Å². The molecule has 0 bridgehead atoms. The van der Waals surface area contributed by atoms with Gasteiger partial charge in [0.25, 0.3) is 0 Å². The van der Waals surface area contributed by atoms with Crippen molar-refractivity contribution in [3.05, 3.63) is 65.3 Å². The molecule has 0 aliphatic rings. The fourth-order valence-electron chi connectivity index (χ4n) is 1.88. The maximum Gasteiger partial charge on any atom is 0.421 e. The summed E-state index contributed by atoms with van der Waals surface area (Å²) in [4.78, 5) is 24.6. The van der Waals surface area contributed by atoms with Crippen LogP contribution in [0.4, 0.5) is 4.79 Å². The van der Waals surface area contributed by atoms with Crippen LogP contribution >= 0.6 is 15.9 Å². The van der Waals surface area contributed by atoms with E-state index in [-0.39, 0.29) is 6.61 Å². The van der Waals surface area contributed by atoms with E-state index in [1.807, 2.05) is 30.3 Å². The summed E-state index contributed by atoms with van der Waals surface area (Å²) in [5.41, 5.74) is 1.40. The van der Waals surface area contributed by atoms with Crippen LogP contribution in [0.15, 0.2) is 59.7 Å². The van der Waals surface area contributed by atoms with Crippen LogP contribution in [0.5, 0.6) is 0 Å². The number of aromatic nitrogens is 4. The zero-order chi connectivity index (χ0) is 15.4. The molecule has 0 saturated heterocycles. The van der Waals surface area contributed by atoms with Gasteiger partial charge in [0.1, 0.15) is 16.9 Å². The van der Waals surface area contributed by atoms with E-state index in [0.717, 1.165) is 5.56 Å². The number of ether oxygens (including phenoxy) is 1. The average Bonchev–Trinajstić information content (AvgIpc) is 2.96. The summed E-state index contributed by atoms with van der Waals surface area (Å²) in [7, 11) is 0. The molecule has 0 unspecified atom stereocenters. The van der Waals surface area contributed by atoms with Gasteiger partial charge in [0, 0.05) is 12.4 Å². The molecule has 0 radical (unpaired) electrons. The van der Waals surface area contributed by atoms with Crippen molar-refractivity contribution in [1.82, 2.24) is 19.5 Å². The molecule has 22 heavy (non-hydrogen) atoms. The summed E-state index contributed by atoms with van der Waals surface area (Å²) in [6, 6.07) is 9.46. The third-order valence-corrected chi connectivity index (χ3v) is 3.46. The number of carbonyl (C=O) groups excluding carboxylic acids is 1. The van der Waals surface area contributed by atoms with Gasteiger partial charge < -0.3 is 4.74 Å². The highest BCUT2D eigenvalue weighted by Gasteiger charge is 2.19. The standard InChI is InChI=1S/C15H11BrN4O2/c16-13-9-19-14(12-8-17-6-7-18-12)20(13)15(21)22-10-11-4-2-1-3-5-11/h1-9H,10H2. The number of hydrogen-bond acceptors (Lipinski definition) is 5. The maximum atomic E-state index is 12.3. The van der Waals surface area contributed by atoms with E-state index < -0.39 is 6.09 Å². The molecule has 1 aromatic carbocycles. The minimum absolute atomic E-state index is 0.185. The number of carbonyl (C=O) groups is 1. The zero-order valence-corrected chi connectivity index (χ0v) is 13.0. The van der Waals surface area contributed by atoms with E-state index in [1.54, 1.807) is 6.20 Å². The summed E-state index contributed by atoms with van der Waals surface area (Å²) in [5.74, 6) is 0.373. The first-order valence-electron chi connectivity index (χ1n) is 6.46. The van der Waals surface area contributed by atoms with Gasteiger partial charge in [-0.1, -0.05) is 30.3 Å². The van der Waals surface area contributed by atoms with Gasteiger partial charge in [-0.15, -0.1) is 0 Å². The Morgan fingerprint density at radius 2 is 1.95 bits per heavy atom. The fraction of sp³-hybridized carbons (Fsp3) is 0.0667. The summed E-state index contributed by atoms with van der Waals surface area (Å²) in [5, 5.41) is 0. The quantitative estimate of drug-likeness (QED) is 0.718. The Bertz CT molecular complexity index is 775. The highest BCUT2D eigenvalue weighted by Crippen LogP contribution is 2.21. The molecule has 0 aliphatic carbocycles. The van der Waals surface area contributed by atoms with Crippen LogP contribution in [0.1, 0.15) is 5.56 Å². The van der Waals surface area contributed by atoms with Crippen molar-refractivity contribution in [1.29, 1.82) is 0 Å². The van der Waals surface area contributed by atoms with Crippen LogP contribution in [0.3, 0.4) is 0 Å². The second-order valence-electron chi connectivity index (χ2n) is 4.37. The Hall–Kier alpha value is -2.54. The number of benzene rings is 1. The van der Waals surface area contributed by atoms with Crippen LogP contribution in [-0.4, -0.2) is 25.6 Å². The smallest absolute Gasteiger partial charge is 0.421 e. The van der Waals surface area contributed by atoms with Gasteiger partial charge in [-0.3, -0.25) is 4.98 Å². The molecule has 110 valence electrons. The van der Waals surface area contributed by atoms with E-state index in [0.29, 0.717) is 16.1 Å². The Kier molecular flexibility index (Phi) is 4.24. The monoisotopic (exact) mass is 358 g/mol. The van der Waals surface area contributed by atoms with Gasteiger partial charge in [-0.2, -0.15) is 0 Å². The Labute approximate surface area is 134 Å². The molecule has 0 amide bonds. The summed E-state index contributed by atoms with van der Waals surface area (Å²) >= 11 is 3.29. The Morgan fingerprint density at radius 3 is 2.68 bits per heavy atom. The number of rotatable bonds is 3. The number of hydrogen-bond donors (Lipinski definition) is 0. The second kappa shape index (κ2) is 6.48. The Morgan fingerprint density at radius 1 is 1.14 bits per heavy atom. The predicted molar refractivity (Wildman–Crippen MR) is 83.0 cm³/mol. The van der Waals surface area contributed by atoms with Gasteiger partial charge in [-0.05, 0) is 21.5 Å². The molecule has 3 aromatic rings. The SMILES string of the molecule is O=C(OCc1ccccc1)n1c(Br)cnc1-c1cnccn1. The van der Waals surface area contributed by atoms with Crippen molar-refractivity contribution in [2.24, 2.45) is 0 Å². The van der Waals surface area contributed by atoms with Crippen molar-refractivity contribution in [3.63, 3.8) is 0 Å². The minimum Gasteiger partial charge on any atom is -0.444 e. The van der Waals surface area contributed by atoms with Gasteiger partial charge >= 0.3 is 6.09 Å².